The van der Waals surface area contributed by atoms with Crippen LogP contribution >= 0.6 is 0 Å². The molecule has 0 aromatic heterocycles. The first kappa shape index (κ1) is 40.3. The average Bonchev–Trinajstić information content (AvgIpc) is 3.59. The minimum atomic E-state index is -2.53. The summed E-state index contributed by atoms with van der Waals surface area (Å²) in [4.78, 5) is 23.9. The van der Waals surface area contributed by atoms with Crippen LogP contribution in [0.1, 0.15) is 127 Å². The van der Waals surface area contributed by atoms with Gasteiger partial charge in [0.1, 0.15) is 24.9 Å². The highest BCUT2D eigenvalue weighted by Gasteiger charge is 2.85. The van der Waals surface area contributed by atoms with Crippen molar-refractivity contribution < 1.29 is 59.2 Å². The fourth-order valence-corrected chi connectivity index (χ4v) is 13.7. The maximum atomic E-state index is 12.3. The van der Waals surface area contributed by atoms with Gasteiger partial charge in [0, 0.05) is 31.1 Å². The second kappa shape index (κ2) is 13.1. The Hall–Kier alpha value is -1.38. The Balaban J connectivity index is 1.36. The number of rotatable bonds is 10. The van der Waals surface area contributed by atoms with Crippen molar-refractivity contribution in [3.63, 3.8) is 0 Å². The van der Waals surface area contributed by atoms with E-state index >= 15 is 0 Å². The lowest BCUT2D eigenvalue weighted by Crippen LogP contribution is -2.68. The van der Waals surface area contributed by atoms with Crippen molar-refractivity contribution in [1.29, 1.82) is 0 Å². The van der Waals surface area contributed by atoms with Crippen LogP contribution in [0.2, 0.25) is 0 Å². The van der Waals surface area contributed by atoms with Crippen LogP contribution in [0.25, 0.3) is 0 Å². The molecule has 1 aliphatic heterocycles. The monoisotopic (exact) mass is 738 g/mol. The first-order valence-electron chi connectivity index (χ1n) is 19.7. The Kier molecular flexibility index (Phi) is 10.2. The molecule has 298 valence electrons. The predicted octanol–water partition coefficient (Wildman–Crippen LogP) is 3.59. The molecule has 0 aromatic carbocycles. The van der Waals surface area contributed by atoms with E-state index in [0.717, 1.165) is 44.9 Å². The third kappa shape index (κ3) is 6.08. The van der Waals surface area contributed by atoms with E-state index in [1.165, 1.54) is 27.7 Å². The number of aliphatic hydroxyl groups excluding tert-OH is 3. The molecule has 6 aliphatic rings. The second-order valence-electron chi connectivity index (χ2n) is 19.6. The van der Waals surface area contributed by atoms with Gasteiger partial charge in [0.25, 0.3) is 0 Å². The Labute approximate surface area is 308 Å². The largest absolute Gasteiger partial charge is 0.463 e. The topological polar surface area (TPSA) is 192 Å². The Morgan fingerprint density at radius 1 is 0.942 bits per heavy atom. The molecule has 15 unspecified atom stereocenters. The molecule has 6 fully saturated rings. The van der Waals surface area contributed by atoms with E-state index in [9.17, 15) is 40.2 Å². The van der Waals surface area contributed by atoms with Gasteiger partial charge in [-0.2, -0.15) is 0 Å². The Morgan fingerprint density at radius 2 is 1.62 bits per heavy atom. The number of carbonyl (C=O) groups is 2. The molecular formula is C40H66O12. The lowest BCUT2D eigenvalue weighted by Gasteiger charge is -2.69. The van der Waals surface area contributed by atoms with Crippen LogP contribution in [0.15, 0.2) is 0 Å². The standard InChI is InChI=1S/C40H66O12/c1-21(16-26(43)31(44)35(6,7)46)25-10-15-39-20-38(25,39)14-11-27-36(8)13-12-29(50-23(3)42)34(4,5)28(36)17-30(37(27,39)9)52-33-32(45)40(47,48)18-24(51-33)19-49-22(2)41/h21,24-33,43-48H,10-20H2,1-9H3. The van der Waals surface area contributed by atoms with Crippen molar-refractivity contribution in [1.82, 2.24) is 0 Å². The second-order valence-corrected chi connectivity index (χ2v) is 19.6. The summed E-state index contributed by atoms with van der Waals surface area (Å²) < 4.78 is 24.3. The number of hydrogen-bond acceptors (Lipinski definition) is 12. The molecule has 1 heterocycles. The number of esters is 2. The first-order valence-corrected chi connectivity index (χ1v) is 19.7. The maximum absolute atomic E-state index is 12.3. The molecule has 6 N–H and O–H groups in total. The van der Waals surface area contributed by atoms with E-state index in [2.05, 4.69) is 34.6 Å². The molecule has 5 aliphatic carbocycles. The van der Waals surface area contributed by atoms with Gasteiger partial charge in [-0.25, -0.2) is 0 Å². The van der Waals surface area contributed by atoms with Crippen molar-refractivity contribution >= 4 is 11.9 Å². The fourth-order valence-electron chi connectivity index (χ4n) is 13.7. The van der Waals surface area contributed by atoms with Crippen LogP contribution < -0.4 is 0 Å². The maximum Gasteiger partial charge on any atom is 0.302 e. The van der Waals surface area contributed by atoms with E-state index in [1.54, 1.807) is 0 Å². The van der Waals surface area contributed by atoms with Gasteiger partial charge in [0.05, 0.1) is 17.8 Å². The zero-order valence-corrected chi connectivity index (χ0v) is 32.8. The van der Waals surface area contributed by atoms with Crippen LogP contribution in [-0.2, 0) is 28.5 Å². The summed E-state index contributed by atoms with van der Waals surface area (Å²) in [6, 6.07) is 0. The lowest BCUT2D eigenvalue weighted by atomic mass is 9.37. The molecule has 0 bridgehead atoms. The minimum Gasteiger partial charge on any atom is -0.463 e. The third-order valence-corrected chi connectivity index (χ3v) is 16.1. The van der Waals surface area contributed by atoms with Crippen molar-refractivity contribution in [3.8, 4) is 0 Å². The smallest absolute Gasteiger partial charge is 0.302 e. The number of carbonyl (C=O) groups excluding carboxylic acids is 2. The molecular weight excluding hydrogens is 672 g/mol. The van der Waals surface area contributed by atoms with Gasteiger partial charge in [0.2, 0.25) is 0 Å². The van der Waals surface area contributed by atoms with Gasteiger partial charge in [0.15, 0.2) is 18.2 Å². The van der Waals surface area contributed by atoms with E-state index in [4.69, 9.17) is 18.9 Å². The van der Waals surface area contributed by atoms with E-state index in [1.807, 2.05) is 0 Å². The molecule has 0 radical (unpaired) electrons. The van der Waals surface area contributed by atoms with Gasteiger partial charge in [-0.15, -0.1) is 0 Å². The molecule has 6 rings (SSSR count). The summed E-state index contributed by atoms with van der Waals surface area (Å²) in [6.07, 6.45) is 0.0283. The van der Waals surface area contributed by atoms with Crippen LogP contribution in [0.3, 0.4) is 0 Å². The molecule has 15 atom stereocenters. The Morgan fingerprint density at radius 3 is 2.23 bits per heavy atom. The zero-order valence-electron chi connectivity index (χ0n) is 32.8. The summed E-state index contributed by atoms with van der Waals surface area (Å²) in [7, 11) is 0. The molecule has 5 saturated carbocycles. The van der Waals surface area contributed by atoms with Crippen molar-refractivity contribution in [2.24, 2.45) is 50.7 Å². The van der Waals surface area contributed by atoms with E-state index in [0.29, 0.717) is 18.8 Å². The summed E-state index contributed by atoms with van der Waals surface area (Å²) in [5.74, 6) is -2.70. The summed E-state index contributed by atoms with van der Waals surface area (Å²) in [5, 5.41) is 65.4. The Bertz CT molecular complexity index is 1380. The van der Waals surface area contributed by atoms with Crippen molar-refractivity contribution in [2.45, 2.75) is 181 Å². The molecule has 1 saturated heterocycles. The molecule has 0 spiro atoms. The van der Waals surface area contributed by atoms with Gasteiger partial charge in [-0.05, 0) is 112 Å². The third-order valence-electron chi connectivity index (χ3n) is 16.1. The summed E-state index contributed by atoms with van der Waals surface area (Å²) in [6.45, 7) is 16.8. The van der Waals surface area contributed by atoms with E-state index in [-0.39, 0.29) is 59.1 Å². The fraction of sp³-hybridized carbons (Fsp3) is 0.950. The van der Waals surface area contributed by atoms with Crippen LogP contribution in [0.4, 0.5) is 0 Å². The molecule has 52 heavy (non-hydrogen) atoms. The van der Waals surface area contributed by atoms with Gasteiger partial charge in [-0.1, -0.05) is 34.6 Å². The number of ether oxygens (including phenoxy) is 4. The highest BCUT2D eigenvalue weighted by atomic mass is 16.7. The van der Waals surface area contributed by atoms with Crippen LogP contribution in [-0.4, -0.2) is 103 Å². The quantitative estimate of drug-likeness (QED) is 0.109. The SMILES string of the molecule is CC(=O)OCC1CC(O)(O)C(O)C(OC2CC3C(C)(C)C(OC(C)=O)CCC3(C)C3CCC45CC4(CCC5C(C)CC(O)C(O)C(C)(C)O)C23C)O1. The average molecular weight is 739 g/mol. The highest BCUT2D eigenvalue weighted by Crippen LogP contribution is 2.91. The molecule has 12 nitrogen and oxygen atoms in total. The molecule has 0 aromatic rings. The van der Waals surface area contributed by atoms with Crippen molar-refractivity contribution in [3.05, 3.63) is 0 Å². The van der Waals surface area contributed by atoms with Gasteiger partial charge >= 0.3 is 11.9 Å². The van der Waals surface area contributed by atoms with Crippen LogP contribution in [0.5, 0.6) is 0 Å². The highest BCUT2D eigenvalue weighted by molar-refractivity contribution is 5.66. The van der Waals surface area contributed by atoms with Gasteiger partial charge < -0.3 is 49.6 Å². The minimum absolute atomic E-state index is 0.00600. The number of hydrogen-bond donors (Lipinski definition) is 6. The number of fused-ring (bicyclic) bond motifs is 3. The first-order chi connectivity index (χ1) is 23.9. The predicted molar refractivity (Wildman–Crippen MR) is 188 cm³/mol. The van der Waals surface area contributed by atoms with Crippen LogP contribution in [0, 0.1) is 50.7 Å². The summed E-state index contributed by atoms with van der Waals surface area (Å²) in [5.41, 5.74) is -2.45. The van der Waals surface area contributed by atoms with Gasteiger partial charge in [-0.3, -0.25) is 9.59 Å². The normalized spacial score (nSPS) is 46.4. The molecule has 12 heteroatoms. The lowest BCUT2D eigenvalue weighted by molar-refractivity contribution is -0.376. The molecule has 0 amide bonds. The number of aliphatic hydroxyl groups is 6. The van der Waals surface area contributed by atoms with E-state index < -0.39 is 65.0 Å². The summed E-state index contributed by atoms with van der Waals surface area (Å²) >= 11 is 0. The zero-order chi connectivity index (χ0) is 38.6. The van der Waals surface area contributed by atoms with Crippen molar-refractivity contribution in [2.75, 3.05) is 6.61 Å².